The highest BCUT2D eigenvalue weighted by molar-refractivity contribution is 7.89. The van der Waals surface area contributed by atoms with Crippen LogP contribution in [0.4, 0.5) is 0 Å². The van der Waals surface area contributed by atoms with Crippen LogP contribution in [0.2, 0.25) is 0 Å². The molecule has 0 aliphatic heterocycles. The van der Waals surface area contributed by atoms with Crippen LogP contribution in [-0.2, 0) is 19.6 Å². The van der Waals surface area contributed by atoms with E-state index >= 15 is 0 Å². The number of ether oxygens (including phenoxy) is 1. The quantitative estimate of drug-likeness (QED) is 0.655. The molecule has 9 heteroatoms. The lowest BCUT2D eigenvalue weighted by Gasteiger charge is -2.15. The van der Waals surface area contributed by atoms with Crippen LogP contribution in [0.5, 0.6) is 5.75 Å². The van der Waals surface area contributed by atoms with Crippen LogP contribution in [-0.4, -0.2) is 43.7 Å². The molecule has 0 aliphatic carbocycles. The van der Waals surface area contributed by atoms with Crippen molar-refractivity contribution in [2.45, 2.75) is 24.3 Å². The molecule has 116 valence electrons. The van der Waals surface area contributed by atoms with Crippen LogP contribution < -0.4 is 9.46 Å². The summed E-state index contributed by atoms with van der Waals surface area (Å²) in [6.07, 6.45) is -0.872. The van der Waals surface area contributed by atoms with Gasteiger partial charge in [-0.25, -0.2) is 8.42 Å². The number of hydrogen-bond donors (Lipinski definition) is 3. The standard InChI is InChI=1S/C12H15NO7S/c1-7-3-4-9(20-2)10(5-7)21(18,19)13-8(12(16)17)6-11(14)15/h3-5,8,13H,6H2,1-2H3,(H,14,15)(H,16,17)/t8-/m1/s1. The number of sulfonamides is 1. The first-order valence-electron chi connectivity index (χ1n) is 5.79. The summed E-state index contributed by atoms with van der Waals surface area (Å²) in [5, 5.41) is 17.5. The Morgan fingerprint density at radius 1 is 1.33 bits per heavy atom. The van der Waals surface area contributed by atoms with Gasteiger partial charge in [0.1, 0.15) is 16.7 Å². The third kappa shape index (κ3) is 4.43. The van der Waals surface area contributed by atoms with Gasteiger partial charge in [0.15, 0.2) is 0 Å². The summed E-state index contributed by atoms with van der Waals surface area (Å²) in [5.41, 5.74) is 0.626. The van der Waals surface area contributed by atoms with Crippen molar-refractivity contribution >= 4 is 22.0 Å². The monoisotopic (exact) mass is 317 g/mol. The predicted molar refractivity (Wildman–Crippen MR) is 71.7 cm³/mol. The molecule has 0 heterocycles. The highest BCUT2D eigenvalue weighted by Crippen LogP contribution is 2.24. The molecule has 0 bridgehead atoms. The number of aliphatic carboxylic acids is 2. The van der Waals surface area contributed by atoms with Gasteiger partial charge in [0, 0.05) is 0 Å². The van der Waals surface area contributed by atoms with Gasteiger partial charge in [-0.3, -0.25) is 9.59 Å². The molecule has 3 N–H and O–H groups in total. The van der Waals surface area contributed by atoms with Crippen LogP contribution in [0.1, 0.15) is 12.0 Å². The number of carboxylic acid groups (broad SMARTS) is 2. The van der Waals surface area contributed by atoms with Gasteiger partial charge in [0.05, 0.1) is 13.5 Å². The zero-order chi connectivity index (χ0) is 16.2. The first-order chi connectivity index (χ1) is 9.67. The van der Waals surface area contributed by atoms with Crippen molar-refractivity contribution in [3.63, 3.8) is 0 Å². The number of benzene rings is 1. The second-order valence-electron chi connectivity index (χ2n) is 4.26. The Bertz CT molecular complexity index is 654. The Labute approximate surface area is 121 Å². The SMILES string of the molecule is COc1ccc(C)cc1S(=O)(=O)N[C@H](CC(=O)O)C(=O)O. The third-order valence-corrected chi connectivity index (χ3v) is 4.08. The largest absolute Gasteiger partial charge is 0.495 e. The van der Waals surface area contributed by atoms with Gasteiger partial charge in [-0.2, -0.15) is 4.72 Å². The highest BCUT2D eigenvalue weighted by Gasteiger charge is 2.29. The van der Waals surface area contributed by atoms with Crippen molar-refractivity contribution < 1.29 is 33.0 Å². The minimum atomic E-state index is -4.23. The fourth-order valence-electron chi connectivity index (χ4n) is 1.60. The van der Waals surface area contributed by atoms with Gasteiger partial charge < -0.3 is 14.9 Å². The van der Waals surface area contributed by atoms with E-state index in [-0.39, 0.29) is 10.6 Å². The molecular weight excluding hydrogens is 302 g/mol. The molecule has 0 fully saturated rings. The number of nitrogens with one attached hydrogen (secondary N) is 1. The maximum Gasteiger partial charge on any atom is 0.322 e. The average Bonchev–Trinajstić information content (AvgIpc) is 2.37. The second-order valence-corrected chi connectivity index (χ2v) is 5.95. The van der Waals surface area contributed by atoms with E-state index in [2.05, 4.69) is 0 Å². The number of carboxylic acids is 2. The van der Waals surface area contributed by atoms with Crippen LogP contribution in [0.25, 0.3) is 0 Å². The Morgan fingerprint density at radius 2 is 1.95 bits per heavy atom. The van der Waals surface area contributed by atoms with Crippen LogP contribution in [0.3, 0.4) is 0 Å². The van der Waals surface area contributed by atoms with E-state index in [9.17, 15) is 18.0 Å². The Morgan fingerprint density at radius 3 is 2.43 bits per heavy atom. The first-order valence-corrected chi connectivity index (χ1v) is 7.27. The number of carbonyl (C=O) groups is 2. The topological polar surface area (TPSA) is 130 Å². The molecule has 0 aromatic heterocycles. The third-order valence-electron chi connectivity index (χ3n) is 2.58. The summed E-state index contributed by atoms with van der Waals surface area (Å²) >= 11 is 0. The molecule has 1 aromatic rings. The smallest absolute Gasteiger partial charge is 0.322 e. The maximum absolute atomic E-state index is 12.2. The number of methoxy groups -OCH3 is 1. The summed E-state index contributed by atoms with van der Waals surface area (Å²) < 4.78 is 31.2. The fourth-order valence-corrected chi connectivity index (χ4v) is 3.04. The van der Waals surface area contributed by atoms with Crippen LogP contribution >= 0.6 is 0 Å². The molecule has 1 rings (SSSR count). The molecule has 21 heavy (non-hydrogen) atoms. The fraction of sp³-hybridized carbons (Fsp3) is 0.333. The van der Waals surface area contributed by atoms with Crippen molar-refractivity contribution in [3.8, 4) is 5.75 Å². The van der Waals surface area contributed by atoms with Gasteiger partial charge in [-0.1, -0.05) is 6.07 Å². The molecule has 1 aromatic carbocycles. The number of aryl methyl sites for hydroxylation is 1. The molecule has 0 amide bonds. The average molecular weight is 317 g/mol. The highest BCUT2D eigenvalue weighted by atomic mass is 32.2. The van der Waals surface area contributed by atoms with Crippen LogP contribution in [0.15, 0.2) is 23.1 Å². The van der Waals surface area contributed by atoms with Gasteiger partial charge in [-0.15, -0.1) is 0 Å². The van der Waals surface area contributed by atoms with E-state index in [1.807, 2.05) is 4.72 Å². The molecular formula is C12H15NO7S. The molecule has 0 aliphatic rings. The lowest BCUT2D eigenvalue weighted by atomic mass is 10.2. The Balaban J connectivity index is 3.18. The zero-order valence-electron chi connectivity index (χ0n) is 11.4. The summed E-state index contributed by atoms with van der Waals surface area (Å²) in [5.74, 6) is -2.97. The summed E-state index contributed by atoms with van der Waals surface area (Å²) in [7, 11) is -2.96. The van der Waals surface area contributed by atoms with Gasteiger partial charge in [-0.05, 0) is 24.6 Å². The molecule has 0 saturated heterocycles. The maximum atomic E-state index is 12.2. The summed E-state index contributed by atoms with van der Waals surface area (Å²) in [6.45, 7) is 1.66. The molecule has 1 atom stereocenters. The number of hydrogen-bond acceptors (Lipinski definition) is 5. The number of rotatable bonds is 7. The van der Waals surface area contributed by atoms with E-state index in [1.165, 1.54) is 19.2 Å². The Hall–Kier alpha value is -2.13. The molecule has 0 saturated carbocycles. The molecule has 0 spiro atoms. The van der Waals surface area contributed by atoms with Crippen LogP contribution in [0, 0.1) is 6.92 Å². The van der Waals surface area contributed by atoms with Crippen molar-refractivity contribution in [2.24, 2.45) is 0 Å². The predicted octanol–water partition coefficient (Wildman–Crippen LogP) is 0.210. The first kappa shape index (κ1) is 16.9. The second kappa shape index (κ2) is 6.55. The van der Waals surface area contributed by atoms with E-state index in [1.54, 1.807) is 13.0 Å². The van der Waals surface area contributed by atoms with Crippen molar-refractivity contribution in [1.29, 1.82) is 0 Å². The zero-order valence-corrected chi connectivity index (χ0v) is 12.2. The van der Waals surface area contributed by atoms with Gasteiger partial charge >= 0.3 is 11.9 Å². The van der Waals surface area contributed by atoms with Crippen molar-refractivity contribution in [2.75, 3.05) is 7.11 Å². The van der Waals surface area contributed by atoms with E-state index < -0.39 is 34.4 Å². The van der Waals surface area contributed by atoms with E-state index in [4.69, 9.17) is 14.9 Å². The van der Waals surface area contributed by atoms with Crippen molar-refractivity contribution in [1.82, 2.24) is 4.72 Å². The normalized spacial score (nSPS) is 12.7. The van der Waals surface area contributed by atoms with Gasteiger partial charge in [0.2, 0.25) is 10.0 Å². The van der Waals surface area contributed by atoms with E-state index in [0.29, 0.717) is 5.56 Å². The molecule has 0 unspecified atom stereocenters. The molecule has 8 nitrogen and oxygen atoms in total. The minimum Gasteiger partial charge on any atom is -0.495 e. The molecule has 0 radical (unpaired) electrons. The van der Waals surface area contributed by atoms with Crippen molar-refractivity contribution in [3.05, 3.63) is 23.8 Å². The Kier molecular flexibility index (Phi) is 5.28. The minimum absolute atomic E-state index is 0.0348. The van der Waals surface area contributed by atoms with Gasteiger partial charge in [0.25, 0.3) is 0 Å². The summed E-state index contributed by atoms with van der Waals surface area (Å²) in [6, 6.07) is 2.60. The lowest BCUT2D eigenvalue weighted by Crippen LogP contribution is -2.42. The summed E-state index contributed by atoms with van der Waals surface area (Å²) in [4.78, 5) is 21.3. The van der Waals surface area contributed by atoms with E-state index in [0.717, 1.165) is 0 Å². The lowest BCUT2D eigenvalue weighted by molar-refractivity contribution is -0.145.